The van der Waals surface area contributed by atoms with Crippen molar-refractivity contribution in [3.63, 3.8) is 0 Å². The van der Waals surface area contributed by atoms with Crippen LogP contribution >= 0.6 is 0 Å². The van der Waals surface area contributed by atoms with Gasteiger partial charge in [-0.15, -0.1) is 0 Å². The van der Waals surface area contributed by atoms with Crippen LogP contribution in [-0.2, 0) is 20.7 Å². The van der Waals surface area contributed by atoms with Crippen LogP contribution in [0.15, 0.2) is 24.3 Å². The molecule has 1 aromatic rings. The maximum absolute atomic E-state index is 12.8. The summed E-state index contributed by atoms with van der Waals surface area (Å²) in [6, 6.07) is 6.07. The normalized spacial score (nSPS) is 10.2. The van der Waals surface area contributed by atoms with Gasteiger partial charge in [0.05, 0.1) is 7.11 Å². The standard InChI is InChI=1S/C15H20FNO3/c1-3-10-17(11-15(19)20-2)14(18)9-6-12-4-7-13(16)8-5-12/h4-5,7-8H,3,6,9-11H2,1-2H3. The first-order chi connectivity index (χ1) is 9.56. The van der Waals surface area contributed by atoms with Gasteiger partial charge in [-0.05, 0) is 30.5 Å². The third-order valence-electron chi connectivity index (χ3n) is 2.93. The van der Waals surface area contributed by atoms with Crippen LogP contribution in [0.5, 0.6) is 0 Å². The molecule has 4 nitrogen and oxygen atoms in total. The highest BCUT2D eigenvalue weighted by Gasteiger charge is 2.16. The van der Waals surface area contributed by atoms with Gasteiger partial charge in [0, 0.05) is 13.0 Å². The number of methoxy groups -OCH3 is 1. The summed E-state index contributed by atoms with van der Waals surface area (Å²) in [5, 5.41) is 0. The number of benzene rings is 1. The molecule has 0 radical (unpaired) electrons. The number of hydrogen-bond donors (Lipinski definition) is 0. The molecule has 0 saturated carbocycles. The molecule has 0 fully saturated rings. The van der Waals surface area contributed by atoms with Crippen molar-refractivity contribution in [1.82, 2.24) is 4.90 Å². The second kappa shape index (κ2) is 8.30. The van der Waals surface area contributed by atoms with E-state index >= 15 is 0 Å². The predicted molar refractivity (Wildman–Crippen MR) is 73.6 cm³/mol. The molecule has 20 heavy (non-hydrogen) atoms. The largest absolute Gasteiger partial charge is 0.468 e. The van der Waals surface area contributed by atoms with Crippen molar-refractivity contribution in [1.29, 1.82) is 0 Å². The van der Waals surface area contributed by atoms with Crippen molar-refractivity contribution in [2.24, 2.45) is 0 Å². The zero-order chi connectivity index (χ0) is 15.0. The van der Waals surface area contributed by atoms with E-state index in [-0.39, 0.29) is 18.3 Å². The van der Waals surface area contributed by atoms with E-state index in [4.69, 9.17) is 0 Å². The van der Waals surface area contributed by atoms with E-state index in [0.717, 1.165) is 12.0 Å². The summed E-state index contributed by atoms with van der Waals surface area (Å²) in [7, 11) is 1.30. The first kappa shape index (κ1) is 16.1. The molecule has 1 amide bonds. The highest BCUT2D eigenvalue weighted by Crippen LogP contribution is 2.07. The Labute approximate surface area is 118 Å². The fourth-order valence-corrected chi connectivity index (χ4v) is 1.84. The highest BCUT2D eigenvalue weighted by molar-refractivity contribution is 5.82. The van der Waals surface area contributed by atoms with E-state index in [1.807, 2.05) is 6.92 Å². The predicted octanol–water partition coefficient (Wildman–Crippen LogP) is 2.17. The van der Waals surface area contributed by atoms with Gasteiger partial charge in [0.25, 0.3) is 0 Å². The van der Waals surface area contributed by atoms with Crippen LogP contribution in [-0.4, -0.2) is 37.0 Å². The average Bonchev–Trinajstić information content (AvgIpc) is 2.45. The number of aryl methyl sites for hydroxylation is 1. The van der Waals surface area contributed by atoms with Crippen molar-refractivity contribution < 1.29 is 18.7 Å². The van der Waals surface area contributed by atoms with Crippen LogP contribution in [0, 0.1) is 5.82 Å². The second-order valence-corrected chi connectivity index (χ2v) is 4.52. The Bertz CT molecular complexity index is 445. The van der Waals surface area contributed by atoms with Crippen LogP contribution < -0.4 is 0 Å². The first-order valence-corrected chi connectivity index (χ1v) is 6.65. The number of hydrogen-bond acceptors (Lipinski definition) is 3. The number of halogens is 1. The fourth-order valence-electron chi connectivity index (χ4n) is 1.84. The Hall–Kier alpha value is -1.91. The van der Waals surface area contributed by atoms with Crippen LogP contribution in [0.25, 0.3) is 0 Å². The second-order valence-electron chi connectivity index (χ2n) is 4.52. The Morgan fingerprint density at radius 2 is 1.90 bits per heavy atom. The quantitative estimate of drug-likeness (QED) is 0.720. The van der Waals surface area contributed by atoms with E-state index < -0.39 is 5.97 Å². The lowest BCUT2D eigenvalue weighted by atomic mass is 10.1. The third kappa shape index (κ3) is 5.38. The molecule has 0 aliphatic rings. The lowest BCUT2D eigenvalue weighted by Crippen LogP contribution is -2.36. The maximum atomic E-state index is 12.8. The molecular formula is C15H20FNO3. The van der Waals surface area contributed by atoms with Gasteiger partial charge in [0.2, 0.25) is 5.91 Å². The Balaban J connectivity index is 2.52. The Morgan fingerprint density at radius 3 is 2.45 bits per heavy atom. The number of carbonyl (C=O) groups is 2. The summed E-state index contributed by atoms with van der Waals surface area (Å²) in [5.41, 5.74) is 0.897. The number of rotatable bonds is 7. The van der Waals surface area contributed by atoms with Crippen molar-refractivity contribution in [3.8, 4) is 0 Å². The number of nitrogens with zero attached hydrogens (tertiary/aromatic N) is 1. The molecule has 110 valence electrons. The molecule has 0 N–H and O–H groups in total. The lowest BCUT2D eigenvalue weighted by Gasteiger charge is -2.20. The Kier molecular flexibility index (Phi) is 6.70. The molecule has 0 atom stereocenters. The molecule has 0 unspecified atom stereocenters. The molecule has 0 heterocycles. The van der Waals surface area contributed by atoms with Crippen LogP contribution in [0.1, 0.15) is 25.3 Å². The van der Waals surface area contributed by atoms with Gasteiger partial charge < -0.3 is 9.64 Å². The minimum atomic E-state index is -0.423. The van der Waals surface area contributed by atoms with Gasteiger partial charge >= 0.3 is 5.97 Å². The maximum Gasteiger partial charge on any atom is 0.325 e. The smallest absolute Gasteiger partial charge is 0.325 e. The molecule has 1 rings (SSSR count). The molecule has 0 aromatic heterocycles. The zero-order valence-electron chi connectivity index (χ0n) is 11.9. The van der Waals surface area contributed by atoms with Gasteiger partial charge in [-0.25, -0.2) is 4.39 Å². The molecule has 0 aliphatic heterocycles. The van der Waals surface area contributed by atoms with Gasteiger partial charge in [-0.1, -0.05) is 19.1 Å². The third-order valence-corrected chi connectivity index (χ3v) is 2.93. The minimum absolute atomic E-state index is 0.0212. The summed E-state index contributed by atoms with van der Waals surface area (Å²) in [6.45, 7) is 2.45. The summed E-state index contributed by atoms with van der Waals surface area (Å²) in [6.07, 6.45) is 1.60. The number of amides is 1. The van der Waals surface area contributed by atoms with Crippen molar-refractivity contribution in [2.45, 2.75) is 26.2 Å². The number of ether oxygens (including phenoxy) is 1. The van der Waals surface area contributed by atoms with Crippen LogP contribution in [0.4, 0.5) is 4.39 Å². The monoisotopic (exact) mass is 281 g/mol. The minimum Gasteiger partial charge on any atom is -0.468 e. The van der Waals surface area contributed by atoms with Crippen LogP contribution in [0.2, 0.25) is 0 Å². The average molecular weight is 281 g/mol. The van der Waals surface area contributed by atoms with Crippen LogP contribution in [0.3, 0.4) is 0 Å². The molecule has 0 spiro atoms. The van der Waals surface area contributed by atoms with Crippen molar-refractivity contribution in [3.05, 3.63) is 35.6 Å². The zero-order valence-corrected chi connectivity index (χ0v) is 11.9. The SMILES string of the molecule is CCCN(CC(=O)OC)C(=O)CCc1ccc(F)cc1. The van der Waals surface area contributed by atoms with E-state index in [1.54, 1.807) is 12.1 Å². The molecular weight excluding hydrogens is 261 g/mol. The van der Waals surface area contributed by atoms with Gasteiger partial charge in [0.1, 0.15) is 12.4 Å². The molecule has 5 heteroatoms. The number of esters is 1. The first-order valence-electron chi connectivity index (χ1n) is 6.65. The molecule has 0 saturated heterocycles. The van der Waals surface area contributed by atoms with E-state index in [9.17, 15) is 14.0 Å². The summed E-state index contributed by atoms with van der Waals surface area (Å²) < 4.78 is 17.3. The van der Waals surface area contributed by atoms with E-state index in [1.165, 1.54) is 24.1 Å². The number of carbonyl (C=O) groups excluding carboxylic acids is 2. The summed E-state index contributed by atoms with van der Waals surface area (Å²) in [4.78, 5) is 24.8. The van der Waals surface area contributed by atoms with Crippen molar-refractivity contribution >= 4 is 11.9 Å². The topological polar surface area (TPSA) is 46.6 Å². The van der Waals surface area contributed by atoms with E-state index in [0.29, 0.717) is 19.4 Å². The summed E-state index contributed by atoms with van der Waals surface area (Å²) >= 11 is 0. The fraction of sp³-hybridized carbons (Fsp3) is 0.467. The van der Waals surface area contributed by atoms with Gasteiger partial charge in [-0.2, -0.15) is 0 Å². The van der Waals surface area contributed by atoms with E-state index in [2.05, 4.69) is 4.74 Å². The molecule has 0 aliphatic carbocycles. The molecule has 1 aromatic carbocycles. The van der Waals surface area contributed by atoms with Gasteiger partial charge in [-0.3, -0.25) is 9.59 Å². The van der Waals surface area contributed by atoms with Gasteiger partial charge in [0.15, 0.2) is 0 Å². The van der Waals surface area contributed by atoms with Crippen molar-refractivity contribution in [2.75, 3.05) is 20.2 Å². The summed E-state index contributed by atoms with van der Waals surface area (Å²) in [5.74, 6) is -0.812. The highest BCUT2D eigenvalue weighted by atomic mass is 19.1. The lowest BCUT2D eigenvalue weighted by molar-refractivity contribution is -0.147. The Morgan fingerprint density at radius 1 is 1.25 bits per heavy atom. The molecule has 0 bridgehead atoms.